The van der Waals surface area contributed by atoms with Gasteiger partial charge in [-0.3, -0.25) is 9.59 Å². The fourth-order valence-electron chi connectivity index (χ4n) is 3.72. The lowest BCUT2D eigenvalue weighted by molar-refractivity contribution is -0.119. The molecule has 144 valence electrons. The highest BCUT2D eigenvalue weighted by atomic mass is 16.3. The SMILES string of the molecule is CCCCCC1=C(NCC(C)C)C(=O)C([C@@H]2C=C(C)CCC2)=C(O)C1=O. The average Bonchev–Trinajstić information content (AvgIpc) is 2.59. The van der Waals surface area contributed by atoms with E-state index < -0.39 is 0 Å². The molecule has 0 saturated heterocycles. The minimum Gasteiger partial charge on any atom is -0.504 e. The van der Waals surface area contributed by atoms with E-state index >= 15 is 0 Å². The zero-order valence-electron chi connectivity index (χ0n) is 16.7. The van der Waals surface area contributed by atoms with Crippen LogP contribution in [0, 0.1) is 11.8 Å². The van der Waals surface area contributed by atoms with Crippen molar-refractivity contribution in [1.82, 2.24) is 5.32 Å². The molecule has 4 nitrogen and oxygen atoms in total. The normalized spacial score (nSPS) is 21.6. The van der Waals surface area contributed by atoms with Crippen LogP contribution in [-0.2, 0) is 9.59 Å². The van der Waals surface area contributed by atoms with Crippen LogP contribution in [-0.4, -0.2) is 23.2 Å². The molecular weight excluding hydrogens is 326 g/mol. The van der Waals surface area contributed by atoms with Crippen molar-refractivity contribution in [2.24, 2.45) is 11.8 Å². The van der Waals surface area contributed by atoms with Crippen molar-refractivity contribution in [1.29, 1.82) is 0 Å². The van der Waals surface area contributed by atoms with Crippen molar-refractivity contribution in [2.45, 2.75) is 72.6 Å². The molecular formula is C22H33NO3. The van der Waals surface area contributed by atoms with Crippen molar-refractivity contribution in [3.63, 3.8) is 0 Å². The molecule has 2 N–H and O–H groups in total. The second-order valence-corrected chi connectivity index (χ2v) is 8.02. The summed E-state index contributed by atoms with van der Waals surface area (Å²) in [6.45, 7) is 8.93. The number of rotatable bonds is 8. The quantitative estimate of drug-likeness (QED) is 0.372. The molecule has 4 heteroatoms. The van der Waals surface area contributed by atoms with E-state index in [2.05, 4.69) is 26.1 Å². The molecule has 0 saturated carbocycles. The van der Waals surface area contributed by atoms with Gasteiger partial charge in [-0.25, -0.2) is 0 Å². The van der Waals surface area contributed by atoms with E-state index in [0.29, 0.717) is 35.7 Å². The summed E-state index contributed by atoms with van der Waals surface area (Å²) < 4.78 is 0. The maximum absolute atomic E-state index is 13.2. The molecule has 0 heterocycles. The maximum atomic E-state index is 13.2. The number of unbranched alkanes of at least 4 members (excludes halogenated alkanes) is 2. The second-order valence-electron chi connectivity index (χ2n) is 8.02. The molecule has 0 aliphatic heterocycles. The van der Waals surface area contributed by atoms with Gasteiger partial charge in [-0.1, -0.05) is 45.3 Å². The fraction of sp³-hybridized carbons (Fsp3) is 0.636. The van der Waals surface area contributed by atoms with Gasteiger partial charge in [-0.2, -0.15) is 0 Å². The Morgan fingerprint density at radius 3 is 2.58 bits per heavy atom. The lowest BCUT2D eigenvalue weighted by Crippen LogP contribution is -2.35. The molecule has 1 atom stereocenters. The van der Waals surface area contributed by atoms with E-state index in [1.165, 1.54) is 5.57 Å². The number of carbonyl (C=O) groups excluding carboxylic acids is 2. The Balaban J connectivity index is 2.37. The Kier molecular flexibility index (Phi) is 7.24. The Labute approximate surface area is 157 Å². The number of aliphatic hydroxyl groups excluding tert-OH is 1. The summed E-state index contributed by atoms with van der Waals surface area (Å²) in [5.41, 5.74) is 2.39. The van der Waals surface area contributed by atoms with Gasteiger partial charge < -0.3 is 10.4 Å². The third kappa shape index (κ3) is 4.66. The first-order chi connectivity index (χ1) is 12.4. The van der Waals surface area contributed by atoms with Gasteiger partial charge in [-0.15, -0.1) is 0 Å². The Morgan fingerprint density at radius 2 is 1.96 bits per heavy atom. The van der Waals surface area contributed by atoms with E-state index in [9.17, 15) is 14.7 Å². The average molecular weight is 360 g/mol. The number of hydrogen-bond acceptors (Lipinski definition) is 4. The minimum absolute atomic E-state index is 0.159. The van der Waals surface area contributed by atoms with Crippen molar-refractivity contribution < 1.29 is 14.7 Å². The number of Topliss-reactive ketones (excluding diaryl/α,β-unsaturated/α-hetero) is 2. The summed E-state index contributed by atoms with van der Waals surface area (Å²) in [5.74, 6) is -0.674. The summed E-state index contributed by atoms with van der Waals surface area (Å²) >= 11 is 0. The molecule has 0 aromatic rings. The van der Waals surface area contributed by atoms with E-state index in [1.807, 2.05) is 13.0 Å². The lowest BCUT2D eigenvalue weighted by Gasteiger charge is -2.28. The summed E-state index contributed by atoms with van der Waals surface area (Å²) in [7, 11) is 0. The smallest absolute Gasteiger partial charge is 0.225 e. The Bertz CT molecular complexity index is 652. The van der Waals surface area contributed by atoms with Crippen LogP contribution in [0.3, 0.4) is 0 Å². The number of ketones is 2. The molecule has 0 aromatic carbocycles. The molecule has 2 aliphatic rings. The van der Waals surface area contributed by atoms with Crippen LogP contribution in [0.2, 0.25) is 0 Å². The molecule has 0 amide bonds. The van der Waals surface area contributed by atoms with Crippen LogP contribution in [0.5, 0.6) is 0 Å². The Hall–Kier alpha value is -1.84. The molecule has 0 radical (unpaired) electrons. The number of aliphatic hydroxyl groups is 1. The van der Waals surface area contributed by atoms with Gasteiger partial charge in [0, 0.05) is 18.0 Å². The first kappa shape index (κ1) is 20.5. The predicted molar refractivity (Wildman–Crippen MR) is 105 cm³/mol. The van der Waals surface area contributed by atoms with E-state index in [-0.39, 0.29) is 23.2 Å². The number of allylic oxidation sites excluding steroid dienone is 4. The maximum Gasteiger partial charge on any atom is 0.225 e. The van der Waals surface area contributed by atoms with Gasteiger partial charge in [0.2, 0.25) is 11.6 Å². The molecule has 26 heavy (non-hydrogen) atoms. The van der Waals surface area contributed by atoms with Crippen molar-refractivity contribution in [3.8, 4) is 0 Å². The molecule has 0 fully saturated rings. The highest BCUT2D eigenvalue weighted by Crippen LogP contribution is 2.35. The third-order valence-corrected chi connectivity index (χ3v) is 5.18. The molecule has 0 unspecified atom stereocenters. The zero-order chi connectivity index (χ0) is 19.3. The van der Waals surface area contributed by atoms with Gasteiger partial charge in [0.25, 0.3) is 0 Å². The van der Waals surface area contributed by atoms with Crippen LogP contribution < -0.4 is 5.32 Å². The van der Waals surface area contributed by atoms with E-state index in [4.69, 9.17) is 0 Å². The van der Waals surface area contributed by atoms with Crippen LogP contribution >= 0.6 is 0 Å². The standard InChI is InChI=1S/C22H33NO3/c1-5-6-7-11-17-19(23-13-14(2)3)21(25)18(22(26)20(17)24)16-10-8-9-15(4)12-16/h12,14,16,23,26H,5-11,13H2,1-4H3/t16-/m0/s1. The minimum atomic E-state index is -0.362. The number of carbonyl (C=O) groups is 2. The van der Waals surface area contributed by atoms with Gasteiger partial charge in [-0.05, 0) is 44.9 Å². The zero-order valence-corrected chi connectivity index (χ0v) is 16.7. The highest BCUT2D eigenvalue weighted by molar-refractivity contribution is 6.24. The second kappa shape index (κ2) is 9.20. The predicted octanol–water partition coefficient (Wildman–Crippen LogP) is 4.78. The molecule has 2 aliphatic carbocycles. The van der Waals surface area contributed by atoms with E-state index in [1.54, 1.807) is 0 Å². The Morgan fingerprint density at radius 1 is 1.23 bits per heavy atom. The highest BCUT2D eigenvalue weighted by Gasteiger charge is 2.37. The van der Waals surface area contributed by atoms with Crippen LogP contribution in [0.4, 0.5) is 0 Å². The fourth-order valence-corrected chi connectivity index (χ4v) is 3.72. The first-order valence-corrected chi connectivity index (χ1v) is 10.0. The monoisotopic (exact) mass is 359 g/mol. The summed E-state index contributed by atoms with van der Waals surface area (Å²) in [4.78, 5) is 26.1. The summed E-state index contributed by atoms with van der Waals surface area (Å²) in [6.07, 6.45) is 8.28. The van der Waals surface area contributed by atoms with Crippen molar-refractivity contribution in [2.75, 3.05) is 6.54 Å². The van der Waals surface area contributed by atoms with E-state index in [0.717, 1.165) is 38.5 Å². The molecule has 0 bridgehead atoms. The topological polar surface area (TPSA) is 66.4 Å². The van der Waals surface area contributed by atoms with Crippen LogP contribution in [0.1, 0.15) is 72.6 Å². The van der Waals surface area contributed by atoms with Gasteiger partial charge in [0.15, 0.2) is 5.76 Å². The molecule has 0 aromatic heterocycles. The van der Waals surface area contributed by atoms with Gasteiger partial charge in [0.1, 0.15) is 0 Å². The van der Waals surface area contributed by atoms with Crippen molar-refractivity contribution >= 4 is 11.6 Å². The van der Waals surface area contributed by atoms with Gasteiger partial charge >= 0.3 is 0 Å². The van der Waals surface area contributed by atoms with Crippen molar-refractivity contribution in [3.05, 3.63) is 34.3 Å². The molecule has 2 rings (SSSR count). The van der Waals surface area contributed by atoms with Crippen LogP contribution in [0.25, 0.3) is 0 Å². The van der Waals surface area contributed by atoms with Gasteiger partial charge in [0.05, 0.1) is 11.3 Å². The van der Waals surface area contributed by atoms with Crippen LogP contribution in [0.15, 0.2) is 34.3 Å². The third-order valence-electron chi connectivity index (χ3n) is 5.18. The lowest BCUT2D eigenvalue weighted by atomic mass is 9.78. The summed E-state index contributed by atoms with van der Waals surface area (Å²) in [5, 5.41) is 13.8. The molecule has 0 spiro atoms. The number of hydrogen-bond donors (Lipinski definition) is 2. The first-order valence-electron chi connectivity index (χ1n) is 10.0. The largest absolute Gasteiger partial charge is 0.504 e. The number of nitrogens with one attached hydrogen (secondary N) is 1. The summed E-state index contributed by atoms with van der Waals surface area (Å²) in [6, 6.07) is 0.